The van der Waals surface area contributed by atoms with Crippen LogP contribution in [-0.2, 0) is 7.05 Å². The Hall–Kier alpha value is -1.07. The maximum absolute atomic E-state index is 5.62. The van der Waals surface area contributed by atoms with Crippen molar-refractivity contribution in [2.24, 2.45) is 7.05 Å². The van der Waals surface area contributed by atoms with Gasteiger partial charge in [0.25, 0.3) is 0 Å². The van der Waals surface area contributed by atoms with Crippen molar-refractivity contribution in [1.29, 1.82) is 0 Å². The molecule has 0 aliphatic carbocycles. The summed E-state index contributed by atoms with van der Waals surface area (Å²) in [6.07, 6.45) is 3.65. The first-order chi connectivity index (χ1) is 7.74. The van der Waals surface area contributed by atoms with E-state index < -0.39 is 0 Å². The number of nitrogens with zero attached hydrogens (tertiary/aromatic N) is 4. The molecule has 0 N–H and O–H groups in total. The molecule has 0 saturated carbocycles. The van der Waals surface area contributed by atoms with Crippen LogP contribution >= 0.6 is 0 Å². The maximum Gasteiger partial charge on any atom is 0.157 e. The molecule has 90 valence electrons. The number of hydrogen-bond acceptors (Lipinski definition) is 4. The number of piperazine rings is 1. The predicted octanol–water partition coefficient (Wildman–Crippen LogP) is 0.0463. The van der Waals surface area contributed by atoms with Gasteiger partial charge in [0.2, 0.25) is 0 Å². The Bertz CT molecular complexity index is 318. The molecular formula is C11H20N4O. The summed E-state index contributed by atoms with van der Waals surface area (Å²) in [6.45, 7) is 6.36. The molecule has 1 saturated heterocycles. The van der Waals surface area contributed by atoms with Crippen molar-refractivity contribution in [1.82, 2.24) is 19.6 Å². The summed E-state index contributed by atoms with van der Waals surface area (Å²) < 4.78 is 7.37. The molecule has 1 aliphatic heterocycles. The van der Waals surface area contributed by atoms with Crippen LogP contribution in [0.2, 0.25) is 0 Å². The summed E-state index contributed by atoms with van der Waals surface area (Å²) in [4.78, 5) is 4.80. The van der Waals surface area contributed by atoms with E-state index in [9.17, 15) is 0 Å². The zero-order valence-electron chi connectivity index (χ0n) is 10.1. The van der Waals surface area contributed by atoms with Crippen molar-refractivity contribution in [3.63, 3.8) is 0 Å². The van der Waals surface area contributed by atoms with Gasteiger partial charge in [-0.05, 0) is 7.05 Å². The molecule has 1 fully saturated rings. The SMILES string of the molecule is CN1CCN(CCOc2cnn(C)c2)CC1. The van der Waals surface area contributed by atoms with E-state index in [0.29, 0.717) is 0 Å². The Balaban J connectivity index is 1.64. The van der Waals surface area contributed by atoms with E-state index in [-0.39, 0.29) is 0 Å². The zero-order valence-corrected chi connectivity index (χ0v) is 10.1. The lowest BCUT2D eigenvalue weighted by molar-refractivity contribution is 0.133. The Kier molecular flexibility index (Phi) is 3.79. The molecule has 0 atom stereocenters. The third kappa shape index (κ3) is 3.21. The molecule has 0 aromatic carbocycles. The molecule has 5 heteroatoms. The highest BCUT2D eigenvalue weighted by Crippen LogP contribution is 2.07. The van der Waals surface area contributed by atoms with E-state index in [1.165, 1.54) is 0 Å². The van der Waals surface area contributed by atoms with E-state index in [1.807, 2.05) is 13.2 Å². The molecule has 2 rings (SSSR count). The monoisotopic (exact) mass is 224 g/mol. The van der Waals surface area contributed by atoms with Crippen LogP contribution in [0.5, 0.6) is 5.75 Å². The van der Waals surface area contributed by atoms with Gasteiger partial charge in [-0.3, -0.25) is 9.58 Å². The summed E-state index contributed by atoms with van der Waals surface area (Å²) >= 11 is 0. The van der Waals surface area contributed by atoms with Gasteiger partial charge in [0, 0.05) is 39.8 Å². The Morgan fingerprint density at radius 2 is 2.00 bits per heavy atom. The number of aromatic nitrogens is 2. The van der Waals surface area contributed by atoms with Gasteiger partial charge < -0.3 is 9.64 Å². The highest BCUT2D eigenvalue weighted by Gasteiger charge is 2.13. The standard InChI is InChI=1S/C11H20N4O/c1-13-3-5-15(6-4-13)7-8-16-11-9-12-14(2)10-11/h9-10H,3-8H2,1-2H3. The van der Waals surface area contributed by atoms with Crippen molar-refractivity contribution < 1.29 is 4.74 Å². The van der Waals surface area contributed by atoms with Crippen LogP contribution in [0.25, 0.3) is 0 Å². The Morgan fingerprint density at radius 3 is 2.62 bits per heavy atom. The highest BCUT2D eigenvalue weighted by molar-refractivity contribution is 5.11. The quantitative estimate of drug-likeness (QED) is 0.723. The minimum atomic E-state index is 0.745. The molecule has 1 aliphatic rings. The first-order valence-electron chi connectivity index (χ1n) is 5.76. The summed E-state index contributed by atoms with van der Waals surface area (Å²) in [7, 11) is 4.07. The van der Waals surface area contributed by atoms with E-state index in [4.69, 9.17) is 4.74 Å². The van der Waals surface area contributed by atoms with Crippen molar-refractivity contribution in [3.8, 4) is 5.75 Å². The highest BCUT2D eigenvalue weighted by atomic mass is 16.5. The van der Waals surface area contributed by atoms with Gasteiger partial charge >= 0.3 is 0 Å². The van der Waals surface area contributed by atoms with Gasteiger partial charge in [-0.25, -0.2) is 0 Å². The van der Waals surface area contributed by atoms with Crippen LogP contribution in [0.15, 0.2) is 12.4 Å². The molecule has 0 spiro atoms. The normalized spacial score (nSPS) is 18.9. The third-order valence-electron chi connectivity index (χ3n) is 2.95. The van der Waals surface area contributed by atoms with Crippen molar-refractivity contribution in [2.75, 3.05) is 46.4 Å². The lowest BCUT2D eigenvalue weighted by Crippen LogP contribution is -2.45. The number of likely N-dealkylation sites (N-methyl/N-ethyl adjacent to an activating group) is 1. The molecule has 0 amide bonds. The molecule has 2 heterocycles. The fourth-order valence-corrected chi connectivity index (χ4v) is 1.84. The van der Waals surface area contributed by atoms with Gasteiger partial charge in [-0.15, -0.1) is 0 Å². The molecule has 16 heavy (non-hydrogen) atoms. The molecular weight excluding hydrogens is 204 g/mol. The largest absolute Gasteiger partial charge is 0.489 e. The summed E-state index contributed by atoms with van der Waals surface area (Å²) in [5.41, 5.74) is 0. The third-order valence-corrected chi connectivity index (χ3v) is 2.95. The van der Waals surface area contributed by atoms with Gasteiger partial charge in [0.15, 0.2) is 5.75 Å². The average Bonchev–Trinajstić information content (AvgIpc) is 2.67. The van der Waals surface area contributed by atoms with Crippen LogP contribution in [0, 0.1) is 0 Å². The molecule has 5 nitrogen and oxygen atoms in total. The Labute approximate surface area is 96.6 Å². The van der Waals surface area contributed by atoms with Crippen molar-refractivity contribution >= 4 is 0 Å². The summed E-state index contributed by atoms with van der Waals surface area (Å²) in [5, 5.41) is 4.06. The molecule has 0 radical (unpaired) electrons. The van der Waals surface area contributed by atoms with Crippen LogP contribution in [0.3, 0.4) is 0 Å². The topological polar surface area (TPSA) is 33.5 Å². The molecule has 0 bridgehead atoms. The van der Waals surface area contributed by atoms with E-state index in [2.05, 4.69) is 21.9 Å². The predicted molar refractivity (Wildman–Crippen MR) is 62.6 cm³/mol. The zero-order chi connectivity index (χ0) is 11.4. The second kappa shape index (κ2) is 5.32. The fraction of sp³-hybridized carbons (Fsp3) is 0.727. The molecule has 1 aromatic heterocycles. The Morgan fingerprint density at radius 1 is 1.25 bits per heavy atom. The van der Waals surface area contributed by atoms with Crippen molar-refractivity contribution in [2.45, 2.75) is 0 Å². The van der Waals surface area contributed by atoms with E-state index in [0.717, 1.165) is 45.1 Å². The smallest absolute Gasteiger partial charge is 0.157 e. The minimum absolute atomic E-state index is 0.745. The van der Waals surface area contributed by atoms with Gasteiger partial charge in [-0.2, -0.15) is 5.10 Å². The molecule has 0 unspecified atom stereocenters. The maximum atomic E-state index is 5.62. The van der Waals surface area contributed by atoms with Crippen molar-refractivity contribution in [3.05, 3.63) is 12.4 Å². The van der Waals surface area contributed by atoms with E-state index in [1.54, 1.807) is 10.9 Å². The second-order valence-electron chi connectivity index (χ2n) is 4.34. The van der Waals surface area contributed by atoms with Crippen LogP contribution in [0.4, 0.5) is 0 Å². The molecule has 1 aromatic rings. The number of aryl methyl sites for hydroxylation is 1. The first kappa shape index (κ1) is 11.4. The van der Waals surface area contributed by atoms with Crippen LogP contribution in [0.1, 0.15) is 0 Å². The number of hydrogen-bond donors (Lipinski definition) is 0. The average molecular weight is 224 g/mol. The summed E-state index contributed by atoms with van der Waals surface area (Å²) in [6, 6.07) is 0. The lowest BCUT2D eigenvalue weighted by atomic mass is 10.3. The van der Waals surface area contributed by atoms with Gasteiger partial charge in [0.05, 0.1) is 12.4 Å². The second-order valence-corrected chi connectivity index (χ2v) is 4.34. The van der Waals surface area contributed by atoms with Crippen LogP contribution in [-0.4, -0.2) is 66.0 Å². The number of rotatable bonds is 4. The van der Waals surface area contributed by atoms with Crippen LogP contribution < -0.4 is 4.74 Å². The fourth-order valence-electron chi connectivity index (χ4n) is 1.84. The van der Waals surface area contributed by atoms with Gasteiger partial charge in [-0.1, -0.05) is 0 Å². The summed E-state index contributed by atoms with van der Waals surface area (Å²) in [5.74, 6) is 0.858. The minimum Gasteiger partial charge on any atom is -0.489 e. The first-order valence-corrected chi connectivity index (χ1v) is 5.76. The van der Waals surface area contributed by atoms with Gasteiger partial charge in [0.1, 0.15) is 6.61 Å². The lowest BCUT2D eigenvalue weighted by Gasteiger charge is -2.32. The number of ether oxygens (including phenoxy) is 1. The van der Waals surface area contributed by atoms with E-state index >= 15 is 0 Å².